The van der Waals surface area contributed by atoms with Crippen LogP contribution in [0.15, 0.2) is 22.7 Å². The summed E-state index contributed by atoms with van der Waals surface area (Å²) < 4.78 is 18.0. The standard InChI is InChI=1S/C11H8BrFO2/c1-2-15-11(14)6-4-8-3-5-9(12)10(13)7-8/h3,5,7H,2H2,1H3. The molecule has 0 aliphatic rings. The summed E-state index contributed by atoms with van der Waals surface area (Å²) in [6.07, 6.45) is 0. The Morgan fingerprint density at radius 1 is 1.60 bits per heavy atom. The molecule has 1 aromatic carbocycles. The molecule has 0 fully saturated rings. The number of carbonyl (C=O) groups excluding carboxylic acids is 1. The fraction of sp³-hybridized carbons (Fsp3) is 0.182. The van der Waals surface area contributed by atoms with E-state index in [9.17, 15) is 9.18 Å². The minimum absolute atomic E-state index is 0.280. The number of ether oxygens (including phenoxy) is 1. The number of hydrogen-bond acceptors (Lipinski definition) is 2. The van der Waals surface area contributed by atoms with Crippen LogP contribution in [0.1, 0.15) is 12.5 Å². The molecule has 15 heavy (non-hydrogen) atoms. The normalized spacial score (nSPS) is 9.00. The number of benzene rings is 1. The Balaban J connectivity index is 2.80. The molecule has 78 valence electrons. The SMILES string of the molecule is CCOC(=O)C#Cc1ccc(Br)c(F)c1. The Labute approximate surface area is 95.6 Å². The van der Waals surface area contributed by atoms with E-state index in [1.807, 2.05) is 0 Å². The second kappa shape index (κ2) is 5.52. The van der Waals surface area contributed by atoms with Gasteiger partial charge in [0.1, 0.15) is 5.82 Å². The van der Waals surface area contributed by atoms with Crippen LogP contribution in [0.25, 0.3) is 0 Å². The van der Waals surface area contributed by atoms with Crippen molar-refractivity contribution in [3.05, 3.63) is 34.1 Å². The maximum atomic E-state index is 13.0. The van der Waals surface area contributed by atoms with Gasteiger partial charge >= 0.3 is 5.97 Å². The van der Waals surface area contributed by atoms with Gasteiger partial charge in [0.05, 0.1) is 11.1 Å². The van der Waals surface area contributed by atoms with Gasteiger partial charge in [-0.3, -0.25) is 0 Å². The summed E-state index contributed by atoms with van der Waals surface area (Å²) in [5.74, 6) is 3.74. The smallest absolute Gasteiger partial charge is 0.384 e. The molecule has 4 heteroatoms. The number of carbonyl (C=O) groups is 1. The van der Waals surface area contributed by atoms with Crippen molar-refractivity contribution in [3.63, 3.8) is 0 Å². The molecule has 0 aliphatic carbocycles. The molecule has 0 atom stereocenters. The quantitative estimate of drug-likeness (QED) is 0.579. The predicted octanol–water partition coefficient (Wildman–Crippen LogP) is 2.50. The van der Waals surface area contributed by atoms with Gasteiger partial charge in [-0.05, 0) is 41.1 Å². The Kier molecular flexibility index (Phi) is 4.32. The van der Waals surface area contributed by atoms with E-state index in [4.69, 9.17) is 0 Å². The van der Waals surface area contributed by atoms with Crippen LogP contribution in [0.5, 0.6) is 0 Å². The number of rotatable bonds is 1. The molecule has 0 saturated carbocycles. The fourth-order valence-electron chi connectivity index (χ4n) is 0.864. The molecule has 0 saturated heterocycles. The first kappa shape index (κ1) is 11.7. The van der Waals surface area contributed by atoms with E-state index in [1.165, 1.54) is 12.1 Å². The molecule has 2 nitrogen and oxygen atoms in total. The van der Waals surface area contributed by atoms with Crippen molar-refractivity contribution >= 4 is 21.9 Å². The van der Waals surface area contributed by atoms with E-state index in [2.05, 4.69) is 32.5 Å². The summed E-state index contributed by atoms with van der Waals surface area (Å²) in [6.45, 7) is 1.97. The molecular weight excluding hydrogens is 263 g/mol. The average Bonchev–Trinajstić information content (AvgIpc) is 2.20. The third-order valence-electron chi connectivity index (χ3n) is 1.50. The van der Waals surface area contributed by atoms with Crippen LogP contribution in [-0.4, -0.2) is 12.6 Å². The van der Waals surface area contributed by atoms with Crippen molar-refractivity contribution in [1.82, 2.24) is 0 Å². The van der Waals surface area contributed by atoms with Crippen LogP contribution in [0.4, 0.5) is 4.39 Å². The molecule has 0 N–H and O–H groups in total. The lowest BCUT2D eigenvalue weighted by atomic mass is 10.2. The molecule has 0 bridgehead atoms. The highest BCUT2D eigenvalue weighted by Crippen LogP contribution is 2.15. The lowest BCUT2D eigenvalue weighted by molar-refractivity contribution is -0.136. The van der Waals surface area contributed by atoms with Crippen molar-refractivity contribution in [2.45, 2.75) is 6.92 Å². The summed E-state index contributed by atoms with van der Waals surface area (Å²) in [5.41, 5.74) is 0.434. The van der Waals surface area contributed by atoms with Crippen molar-refractivity contribution in [2.24, 2.45) is 0 Å². The summed E-state index contributed by atoms with van der Waals surface area (Å²) in [5, 5.41) is 0. The average molecular weight is 271 g/mol. The lowest BCUT2D eigenvalue weighted by Crippen LogP contribution is -1.99. The predicted molar refractivity (Wildman–Crippen MR) is 57.6 cm³/mol. The zero-order valence-corrected chi connectivity index (χ0v) is 9.60. The fourth-order valence-corrected chi connectivity index (χ4v) is 1.11. The Morgan fingerprint density at radius 2 is 2.33 bits per heavy atom. The van der Waals surface area contributed by atoms with Crippen LogP contribution in [-0.2, 0) is 9.53 Å². The molecule has 0 spiro atoms. The van der Waals surface area contributed by atoms with E-state index in [-0.39, 0.29) is 6.61 Å². The van der Waals surface area contributed by atoms with Crippen molar-refractivity contribution in [3.8, 4) is 11.8 Å². The summed E-state index contributed by atoms with van der Waals surface area (Å²) in [6, 6.07) is 4.39. The van der Waals surface area contributed by atoms with E-state index in [1.54, 1.807) is 13.0 Å². The Bertz CT molecular complexity index is 432. The summed E-state index contributed by atoms with van der Waals surface area (Å²) in [4.78, 5) is 10.9. The van der Waals surface area contributed by atoms with Crippen molar-refractivity contribution in [1.29, 1.82) is 0 Å². The molecule has 0 aromatic heterocycles. The molecule has 0 unspecified atom stereocenters. The van der Waals surface area contributed by atoms with Crippen molar-refractivity contribution in [2.75, 3.05) is 6.61 Å². The van der Waals surface area contributed by atoms with Gasteiger partial charge in [0.25, 0.3) is 0 Å². The van der Waals surface area contributed by atoms with Gasteiger partial charge in [-0.1, -0.05) is 5.92 Å². The van der Waals surface area contributed by atoms with Gasteiger partial charge in [-0.25, -0.2) is 9.18 Å². The minimum atomic E-state index is -0.610. The third kappa shape index (κ3) is 3.72. The molecular formula is C11H8BrFO2. The zero-order chi connectivity index (χ0) is 11.3. The Hall–Kier alpha value is -1.34. The third-order valence-corrected chi connectivity index (χ3v) is 2.15. The van der Waals surface area contributed by atoms with Crippen molar-refractivity contribution < 1.29 is 13.9 Å². The minimum Gasteiger partial charge on any atom is -0.456 e. The van der Waals surface area contributed by atoms with Gasteiger partial charge in [-0.15, -0.1) is 0 Å². The Morgan fingerprint density at radius 3 is 2.93 bits per heavy atom. The largest absolute Gasteiger partial charge is 0.456 e. The van der Waals surface area contributed by atoms with E-state index >= 15 is 0 Å². The molecule has 0 heterocycles. The lowest BCUT2D eigenvalue weighted by Gasteiger charge is -1.94. The first-order chi connectivity index (χ1) is 7.13. The summed E-state index contributed by atoms with van der Waals surface area (Å²) in [7, 11) is 0. The van der Waals surface area contributed by atoms with Gasteiger partial charge < -0.3 is 4.74 Å². The number of hydrogen-bond donors (Lipinski definition) is 0. The maximum Gasteiger partial charge on any atom is 0.384 e. The second-order valence-corrected chi connectivity index (χ2v) is 3.45. The molecule has 1 aromatic rings. The molecule has 0 radical (unpaired) electrons. The van der Waals surface area contributed by atoms with Gasteiger partial charge in [0.15, 0.2) is 0 Å². The number of halogens is 2. The zero-order valence-electron chi connectivity index (χ0n) is 8.01. The highest BCUT2D eigenvalue weighted by atomic mass is 79.9. The highest BCUT2D eigenvalue weighted by Gasteiger charge is 1.98. The second-order valence-electron chi connectivity index (χ2n) is 2.60. The van der Waals surface area contributed by atoms with Crippen LogP contribution >= 0.6 is 15.9 Å². The van der Waals surface area contributed by atoms with Crippen LogP contribution < -0.4 is 0 Å². The van der Waals surface area contributed by atoms with Gasteiger partial charge in [-0.2, -0.15) is 0 Å². The van der Waals surface area contributed by atoms with E-state index in [0.29, 0.717) is 10.0 Å². The van der Waals surface area contributed by atoms with E-state index in [0.717, 1.165) is 0 Å². The molecule has 0 amide bonds. The number of esters is 1. The maximum absolute atomic E-state index is 13.0. The van der Waals surface area contributed by atoms with Gasteiger partial charge in [0.2, 0.25) is 0 Å². The van der Waals surface area contributed by atoms with Crippen LogP contribution in [0.3, 0.4) is 0 Å². The van der Waals surface area contributed by atoms with Crippen LogP contribution in [0, 0.1) is 17.7 Å². The van der Waals surface area contributed by atoms with Crippen LogP contribution in [0.2, 0.25) is 0 Å². The van der Waals surface area contributed by atoms with E-state index < -0.39 is 11.8 Å². The van der Waals surface area contributed by atoms with Gasteiger partial charge in [0, 0.05) is 11.5 Å². The monoisotopic (exact) mass is 270 g/mol. The first-order valence-electron chi connectivity index (χ1n) is 4.27. The highest BCUT2D eigenvalue weighted by molar-refractivity contribution is 9.10. The topological polar surface area (TPSA) is 26.3 Å². The summed E-state index contributed by atoms with van der Waals surface area (Å²) >= 11 is 3.02. The molecule has 1 rings (SSSR count). The first-order valence-corrected chi connectivity index (χ1v) is 5.06. The molecule has 0 aliphatic heterocycles.